The molecule has 0 heterocycles. The third-order valence-electron chi connectivity index (χ3n) is 2.60. The van der Waals surface area contributed by atoms with Gasteiger partial charge in [-0.15, -0.1) is 0 Å². The lowest BCUT2D eigenvalue weighted by Crippen LogP contribution is -1.87. The number of hydrogen-bond acceptors (Lipinski definition) is 0. The normalized spacial score (nSPS) is 11.3. The molecule has 0 radical (unpaired) electrons. The largest absolute Gasteiger partial charge is 0.0990 e. The number of hydrogen-bond donors (Lipinski definition) is 0. The smallest absolute Gasteiger partial charge is 0.0598 e. The van der Waals surface area contributed by atoms with Gasteiger partial charge < -0.3 is 0 Å². The van der Waals surface area contributed by atoms with Crippen LogP contribution in [0.15, 0.2) is 67.3 Å². The fourth-order valence-corrected chi connectivity index (χ4v) is 2.06. The second-order valence-corrected chi connectivity index (χ2v) is 4.63. The Hall–Kier alpha value is -1.50. The van der Waals surface area contributed by atoms with E-state index >= 15 is 0 Å². The van der Waals surface area contributed by atoms with Gasteiger partial charge in [-0.2, -0.15) is 0 Å². The molecule has 0 aliphatic rings. The Morgan fingerprint density at radius 1 is 0.889 bits per heavy atom. The zero-order chi connectivity index (χ0) is 13.0. The van der Waals surface area contributed by atoms with Gasteiger partial charge in [-0.3, -0.25) is 0 Å². The summed E-state index contributed by atoms with van der Waals surface area (Å²) in [6.07, 6.45) is 3.74. The summed E-state index contributed by atoms with van der Waals surface area (Å²) in [5.41, 5.74) is 3.22. The van der Waals surface area contributed by atoms with Crippen molar-refractivity contribution in [1.82, 2.24) is 0 Å². The van der Waals surface area contributed by atoms with Gasteiger partial charge in [-0.25, -0.2) is 0 Å². The Labute approximate surface area is 117 Å². The molecule has 0 saturated heterocycles. The van der Waals surface area contributed by atoms with Gasteiger partial charge >= 0.3 is 0 Å². The van der Waals surface area contributed by atoms with Crippen LogP contribution in [0.25, 0.3) is 5.57 Å². The van der Waals surface area contributed by atoms with E-state index in [1.165, 1.54) is 0 Å². The highest BCUT2D eigenvalue weighted by molar-refractivity contribution is 6.42. The predicted octanol–water partition coefficient (Wildman–Crippen LogP) is 5.61. The molecule has 0 amide bonds. The fourth-order valence-electron chi connectivity index (χ4n) is 1.76. The van der Waals surface area contributed by atoms with E-state index in [2.05, 4.69) is 18.7 Å². The van der Waals surface area contributed by atoms with E-state index in [1.54, 1.807) is 12.1 Å². The highest BCUT2D eigenvalue weighted by Gasteiger charge is 2.06. The van der Waals surface area contributed by atoms with Crippen LogP contribution in [0.1, 0.15) is 11.1 Å². The second kappa shape index (κ2) is 5.90. The zero-order valence-electron chi connectivity index (χ0n) is 9.74. The summed E-state index contributed by atoms with van der Waals surface area (Å²) < 4.78 is 0. The molecular formula is C16H12Cl2. The molecule has 2 aromatic carbocycles. The molecule has 0 fully saturated rings. The first kappa shape index (κ1) is 12.9. The van der Waals surface area contributed by atoms with E-state index in [9.17, 15) is 0 Å². The molecule has 0 aliphatic carbocycles. The minimum Gasteiger partial charge on any atom is -0.0990 e. The molecule has 0 nitrogen and oxygen atoms in total. The van der Waals surface area contributed by atoms with E-state index in [0.717, 1.165) is 16.7 Å². The molecule has 0 aliphatic heterocycles. The van der Waals surface area contributed by atoms with Crippen LogP contribution in [-0.2, 0) is 0 Å². The standard InChI is InChI=1S/C16H12Cl2/c1-2-6-14(12-7-4-3-5-8-12)13-9-10-15(17)16(18)11-13/h2-11H,1H2/b14-6+. The third-order valence-corrected chi connectivity index (χ3v) is 3.34. The van der Waals surface area contributed by atoms with Crippen LogP contribution in [0.4, 0.5) is 0 Å². The Morgan fingerprint density at radius 2 is 1.61 bits per heavy atom. The van der Waals surface area contributed by atoms with E-state index in [-0.39, 0.29) is 0 Å². The van der Waals surface area contributed by atoms with Crippen LogP contribution in [0, 0.1) is 0 Å². The molecule has 2 aromatic rings. The van der Waals surface area contributed by atoms with Crippen LogP contribution < -0.4 is 0 Å². The van der Waals surface area contributed by atoms with Crippen molar-refractivity contribution >= 4 is 28.8 Å². The first-order chi connectivity index (χ1) is 8.72. The summed E-state index contributed by atoms with van der Waals surface area (Å²) in [6, 6.07) is 15.7. The quantitative estimate of drug-likeness (QED) is 0.638. The predicted molar refractivity (Wildman–Crippen MR) is 80.2 cm³/mol. The van der Waals surface area contributed by atoms with Gasteiger partial charge in [0.15, 0.2) is 0 Å². The molecule has 0 unspecified atom stereocenters. The topological polar surface area (TPSA) is 0 Å². The number of rotatable bonds is 3. The van der Waals surface area contributed by atoms with Crippen molar-refractivity contribution in [1.29, 1.82) is 0 Å². The average molecular weight is 275 g/mol. The van der Waals surface area contributed by atoms with Crippen molar-refractivity contribution in [3.05, 3.63) is 88.4 Å². The van der Waals surface area contributed by atoms with Gasteiger partial charge in [-0.05, 0) is 28.8 Å². The first-order valence-corrected chi connectivity index (χ1v) is 6.31. The Morgan fingerprint density at radius 3 is 2.22 bits per heavy atom. The van der Waals surface area contributed by atoms with Crippen LogP contribution in [-0.4, -0.2) is 0 Å². The summed E-state index contributed by atoms with van der Waals surface area (Å²) >= 11 is 12.0. The van der Waals surface area contributed by atoms with E-state index in [1.807, 2.05) is 36.4 Å². The first-order valence-electron chi connectivity index (χ1n) is 5.56. The van der Waals surface area contributed by atoms with E-state index < -0.39 is 0 Å². The molecule has 2 rings (SSSR count). The van der Waals surface area contributed by atoms with Gasteiger partial charge in [0.1, 0.15) is 0 Å². The minimum absolute atomic E-state index is 0.556. The van der Waals surface area contributed by atoms with Gasteiger partial charge in [-0.1, -0.05) is 78.3 Å². The maximum atomic E-state index is 6.06. The van der Waals surface area contributed by atoms with Crippen molar-refractivity contribution in [3.8, 4) is 0 Å². The van der Waals surface area contributed by atoms with Gasteiger partial charge in [0.05, 0.1) is 10.0 Å². The van der Waals surface area contributed by atoms with Crippen LogP contribution >= 0.6 is 23.2 Å². The molecule has 0 bridgehead atoms. The van der Waals surface area contributed by atoms with Crippen LogP contribution in [0.3, 0.4) is 0 Å². The van der Waals surface area contributed by atoms with Crippen LogP contribution in [0.2, 0.25) is 10.0 Å². The maximum Gasteiger partial charge on any atom is 0.0598 e. The lowest BCUT2D eigenvalue weighted by Gasteiger charge is -2.08. The highest BCUT2D eigenvalue weighted by Crippen LogP contribution is 2.29. The number of halogens is 2. The van der Waals surface area contributed by atoms with Crippen LogP contribution in [0.5, 0.6) is 0 Å². The molecule has 18 heavy (non-hydrogen) atoms. The van der Waals surface area contributed by atoms with Crippen molar-refractivity contribution in [2.75, 3.05) is 0 Å². The lowest BCUT2D eigenvalue weighted by atomic mass is 9.97. The summed E-state index contributed by atoms with van der Waals surface area (Å²) in [5, 5.41) is 1.12. The Kier molecular flexibility index (Phi) is 4.24. The van der Waals surface area contributed by atoms with Gasteiger partial charge in [0, 0.05) is 0 Å². The SMILES string of the molecule is C=C/C=C(\c1ccccc1)c1ccc(Cl)c(Cl)c1. The molecule has 0 spiro atoms. The van der Waals surface area contributed by atoms with Crippen molar-refractivity contribution < 1.29 is 0 Å². The molecule has 0 atom stereocenters. The minimum atomic E-state index is 0.556. The van der Waals surface area contributed by atoms with E-state index in [0.29, 0.717) is 10.0 Å². The highest BCUT2D eigenvalue weighted by atomic mass is 35.5. The lowest BCUT2D eigenvalue weighted by molar-refractivity contribution is 1.54. The molecular weight excluding hydrogens is 263 g/mol. The molecule has 90 valence electrons. The second-order valence-electron chi connectivity index (χ2n) is 3.81. The molecule has 2 heteroatoms. The number of benzene rings is 2. The van der Waals surface area contributed by atoms with Gasteiger partial charge in [0.2, 0.25) is 0 Å². The van der Waals surface area contributed by atoms with Crippen molar-refractivity contribution in [3.63, 3.8) is 0 Å². The van der Waals surface area contributed by atoms with Gasteiger partial charge in [0.25, 0.3) is 0 Å². The molecule has 0 saturated carbocycles. The maximum absolute atomic E-state index is 6.06. The zero-order valence-corrected chi connectivity index (χ0v) is 11.2. The number of allylic oxidation sites excluding steroid dienone is 2. The summed E-state index contributed by atoms with van der Waals surface area (Å²) in [5.74, 6) is 0. The third kappa shape index (κ3) is 2.84. The summed E-state index contributed by atoms with van der Waals surface area (Å²) in [7, 11) is 0. The monoisotopic (exact) mass is 274 g/mol. The van der Waals surface area contributed by atoms with Crippen molar-refractivity contribution in [2.24, 2.45) is 0 Å². The summed E-state index contributed by atoms with van der Waals surface area (Å²) in [4.78, 5) is 0. The average Bonchev–Trinajstić information content (AvgIpc) is 2.40. The van der Waals surface area contributed by atoms with E-state index in [4.69, 9.17) is 23.2 Å². The summed E-state index contributed by atoms with van der Waals surface area (Å²) in [6.45, 7) is 3.76. The molecule has 0 aromatic heterocycles. The fraction of sp³-hybridized carbons (Fsp3) is 0. The Balaban J connectivity index is 2.52. The Bertz CT molecular complexity index is 583. The molecule has 0 N–H and O–H groups in total. The van der Waals surface area contributed by atoms with Crippen molar-refractivity contribution in [2.45, 2.75) is 0 Å².